The number of carbonyl (C=O) groups is 1. The smallest absolute Gasteiger partial charge is 0.368 e. The predicted octanol–water partition coefficient (Wildman–Crippen LogP) is 2.62. The third kappa shape index (κ3) is 3.67. The first-order chi connectivity index (χ1) is 12.9. The Bertz CT molecular complexity index is 1050. The van der Waals surface area contributed by atoms with Gasteiger partial charge in [-0.1, -0.05) is 19.1 Å². The molecule has 0 radical (unpaired) electrons. The van der Waals surface area contributed by atoms with E-state index in [2.05, 4.69) is 17.4 Å². The van der Waals surface area contributed by atoms with Gasteiger partial charge in [0.2, 0.25) is 0 Å². The van der Waals surface area contributed by atoms with Gasteiger partial charge in [0.25, 0.3) is 0 Å². The first kappa shape index (κ1) is 18.6. The lowest BCUT2D eigenvalue weighted by Gasteiger charge is -2.15. The summed E-state index contributed by atoms with van der Waals surface area (Å²) in [7, 11) is 1.56. The van der Waals surface area contributed by atoms with Crippen LogP contribution < -0.4 is 10.4 Å². The van der Waals surface area contributed by atoms with Crippen LogP contribution in [0.1, 0.15) is 40.9 Å². The van der Waals surface area contributed by atoms with Gasteiger partial charge in [0.15, 0.2) is 5.78 Å². The van der Waals surface area contributed by atoms with E-state index < -0.39 is 0 Å². The molecule has 0 amide bonds. The zero-order valence-electron chi connectivity index (χ0n) is 15.9. The summed E-state index contributed by atoms with van der Waals surface area (Å²) in [4.78, 5) is 23.8. The molecule has 3 rings (SSSR count). The molecule has 0 unspecified atom stereocenters. The van der Waals surface area contributed by atoms with Crippen molar-refractivity contribution >= 4 is 5.78 Å². The lowest BCUT2D eigenvalue weighted by Crippen LogP contribution is -2.23. The Morgan fingerprint density at radius 1 is 1.19 bits per heavy atom. The first-order valence-electron chi connectivity index (χ1n) is 8.77. The number of nitrogens with zero attached hydrogens (tertiary/aromatic N) is 4. The zero-order chi connectivity index (χ0) is 19.6. The lowest BCUT2D eigenvalue weighted by atomic mass is 10.0. The van der Waals surface area contributed by atoms with Crippen LogP contribution in [0.2, 0.25) is 0 Å². The second kappa shape index (κ2) is 7.57. The van der Waals surface area contributed by atoms with Gasteiger partial charge >= 0.3 is 5.69 Å². The second-order valence-electron chi connectivity index (χ2n) is 6.39. The molecule has 0 saturated carbocycles. The monoisotopic (exact) mass is 366 g/mol. The zero-order valence-corrected chi connectivity index (χ0v) is 15.9. The highest BCUT2D eigenvalue weighted by Gasteiger charge is 2.15. The molecule has 0 aliphatic heterocycles. The Balaban J connectivity index is 1.96. The Kier molecular flexibility index (Phi) is 5.21. The van der Waals surface area contributed by atoms with Crippen molar-refractivity contribution in [3.63, 3.8) is 0 Å². The summed E-state index contributed by atoms with van der Waals surface area (Å²) in [5.74, 6) is 0.716. The molecular formula is C20H22N4O3. The molecule has 7 heteroatoms. The van der Waals surface area contributed by atoms with E-state index in [1.165, 1.54) is 16.3 Å². The molecule has 0 spiro atoms. The first-order valence-corrected chi connectivity index (χ1v) is 8.77. The number of aryl methyl sites for hydroxylation is 3. The van der Waals surface area contributed by atoms with Crippen LogP contribution in [0.15, 0.2) is 41.2 Å². The van der Waals surface area contributed by atoms with Crippen LogP contribution in [-0.4, -0.2) is 25.6 Å². The van der Waals surface area contributed by atoms with Gasteiger partial charge in [-0.3, -0.25) is 4.79 Å². The number of Topliss-reactive ketones (excluding diaryl/α,β-unsaturated/α-hetero) is 1. The molecule has 0 bridgehead atoms. The van der Waals surface area contributed by atoms with Crippen molar-refractivity contribution in [1.82, 2.24) is 19.8 Å². The Hall–Kier alpha value is -3.22. The minimum Gasteiger partial charge on any atom is -0.489 e. The fraction of sp³-hybridized carbons (Fsp3) is 0.300. The van der Waals surface area contributed by atoms with E-state index in [9.17, 15) is 9.59 Å². The third-order valence-electron chi connectivity index (χ3n) is 4.53. The van der Waals surface area contributed by atoms with Crippen molar-refractivity contribution in [2.75, 3.05) is 0 Å². The third-order valence-corrected chi connectivity index (χ3v) is 4.53. The van der Waals surface area contributed by atoms with Crippen LogP contribution in [0.25, 0.3) is 5.69 Å². The molecule has 0 saturated heterocycles. The summed E-state index contributed by atoms with van der Waals surface area (Å²) in [5.41, 5.74) is 3.84. The molecule has 0 aliphatic carbocycles. The van der Waals surface area contributed by atoms with Gasteiger partial charge in [0.05, 0.1) is 5.69 Å². The molecule has 0 atom stereocenters. The van der Waals surface area contributed by atoms with Crippen LogP contribution in [0.4, 0.5) is 0 Å². The van der Waals surface area contributed by atoms with Crippen LogP contribution in [0.3, 0.4) is 0 Å². The van der Waals surface area contributed by atoms with Crippen molar-refractivity contribution in [2.24, 2.45) is 7.05 Å². The number of hydrogen-bond acceptors (Lipinski definition) is 5. The molecule has 1 heterocycles. The maximum absolute atomic E-state index is 12.3. The number of ketones is 1. The van der Waals surface area contributed by atoms with Crippen molar-refractivity contribution in [3.05, 3.63) is 69.1 Å². The number of aromatic nitrogens is 4. The number of tetrazole rings is 1. The van der Waals surface area contributed by atoms with Gasteiger partial charge in [-0.15, -0.1) is 0 Å². The van der Waals surface area contributed by atoms with Gasteiger partial charge in [0, 0.05) is 18.2 Å². The van der Waals surface area contributed by atoms with E-state index in [0.717, 1.165) is 23.1 Å². The normalized spacial score (nSPS) is 10.8. The van der Waals surface area contributed by atoms with E-state index in [0.29, 0.717) is 17.0 Å². The average molecular weight is 366 g/mol. The summed E-state index contributed by atoms with van der Waals surface area (Å²) >= 11 is 0. The average Bonchev–Trinajstić information content (AvgIpc) is 2.99. The summed E-state index contributed by atoms with van der Waals surface area (Å²) in [6.45, 7) is 5.77. The van der Waals surface area contributed by atoms with Gasteiger partial charge in [-0.05, 0) is 66.1 Å². The van der Waals surface area contributed by atoms with Gasteiger partial charge in [0.1, 0.15) is 12.4 Å². The number of carbonyl (C=O) groups excluding carboxylic acids is 1. The highest BCUT2D eigenvalue weighted by atomic mass is 16.5. The molecule has 140 valence electrons. The van der Waals surface area contributed by atoms with E-state index in [-0.39, 0.29) is 18.1 Å². The standard InChI is InChI=1S/C20H22N4O3/c1-5-15-7-6-8-18(24-20(26)23(4)21-22-24)17(15)12-27-19-10-9-16(14(3)25)11-13(19)2/h6-11H,5,12H2,1-4H3. The molecule has 27 heavy (non-hydrogen) atoms. The number of ether oxygens (including phenoxy) is 1. The second-order valence-corrected chi connectivity index (χ2v) is 6.39. The number of rotatable bonds is 6. The SMILES string of the molecule is CCc1cccc(-n2nnn(C)c2=O)c1COc1ccc(C(C)=O)cc1C. The van der Waals surface area contributed by atoms with E-state index in [4.69, 9.17) is 4.74 Å². The quantitative estimate of drug-likeness (QED) is 0.627. The predicted molar refractivity (Wildman–Crippen MR) is 101 cm³/mol. The maximum atomic E-state index is 12.3. The fourth-order valence-corrected chi connectivity index (χ4v) is 2.96. The summed E-state index contributed by atoms with van der Waals surface area (Å²) < 4.78 is 8.50. The Morgan fingerprint density at radius 3 is 2.56 bits per heavy atom. The van der Waals surface area contributed by atoms with Crippen LogP contribution >= 0.6 is 0 Å². The molecule has 0 N–H and O–H groups in total. The molecule has 0 fully saturated rings. The molecule has 3 aromatic rings. The van der Waals surface area contributed by atoms with E-state index >= 15 is 0 Å². The Labute approximate surface area is 157 Å². The van der Waals surface area contributed by atoms with Crippen LogP contribution in [-0.2, 0) is 20.1 Å². The molecule has 1 aromatic heterocycles. The van der Waals surface area contributed by atoms with E-state index in [1.54, 1.807) is 19.2 Å². The summed E-state index contributed by atoms with van der Waals surface area (Å²) in [6.07, 6.45) is 0.795. The van der Waals surface area contributed by atoms with E-state index in [1.807, 2.05) is 31.2 Å². The largest absolute Gasteiger partial charge is 0.489 e. The summed E-state index contributed by atoms with van der Waals surface area (Å²) in [6, 6.07) is 11.1. The molecule has 2 aromatic carbocycles. The van der Waals surface area contributed by atoms with Crippen molar-refractivity contribution in [2.45, 2.75) is 33.8 Å². The van der Waals surface area contributed by atoms with Gasteiger partial charge in [-0.25, -0.2) is 4.79 Å². The van der Waals surface area contributed by atoms with Crippen LogP contribution in [0, 0.1) is 6.92 Å². The maximum Gasteiger partial charge on any atom is 0.368 e. The minimum absolute atomic E-state index is 0.0188. The highest BCUT2D eigenvalue weighted by Crippen LogP contribution is 2.24. The minimum atomic E-state index is -0.313. The Morgan fingerprint density at radius 2 is 1.96 bits per heavy atom. The number of hydrogen-bond donors (Lipinski definition) is 0. The summed E-state index contributed by atoms with van der Waals surface area (Å²) in [5, 5.41) is 7.74. The molecule has 7 nitrogen and oxygen atoms in total. The van der Waals surface area contributed by atoms with Crippen molar-refractivity contribution in [1.29, 1.82) is 0 Å². The lowest BCUT2D eigenvalue weighted by molar-refractivity contribution is 0.101. The molecular weight excluding hydrogens is 344 g/mol. The fourth-order valence-electron chi connectivity index (χ4n) is 2.96. The van der Waals surface area contributed by atoms with Gasteiger partial charge < -0.3 is 4.74 Å². The van der Waals surface area contributed by atoms with Crippen molar-refractivity contribution < 1.29 is 9.53 Å². The van der Waals surface area contributed by atoms with Crippen LogP contribution in [0.5, 0.6) is 5.75 Å². The topological polar surface area (TPSA) is 79.0 Å². The van der Waals surface area contributed by atoms with Gasteiger partial charge in [-0.2, -0.15) is 9.36 Å². The molecule has 0 aliphatic rings. The number of benzene rings is 2. The highest BCUT2D eigenvalue weighted by molar-refractivity contribution is 5.94. The van der Waals surface area contributed by atoms with Crippen molar-refractivity contribution in [3.8, 4) is 11.4 Å².